The summed E-state index contributed by atoms with van der Waals surface area (Å²) >= 11 is 2.53. The van der Waals surface area contributed by atoms with Gasteiger partial charge in [0.05, 0.1) is 0 Å². The molecule has 0 saturated carbocycles. The number of rotatable bonds is 0. The topological polar surface area (TPSA) is 49.5 Å². The summed E-state index contributed by atoms with van der Waals surface area (Å²) < 4.78 is 6.69. The fourth-order valence-electron chi connectivity index (χ4n) is 0.969. The largest absolute Gasteiger partial charge is 0.333 e. The van der Waals surface area contributed by atoms with Gasteiger partial charge in [-0.15, -0.1) is 0 Å². The second-order valence-electron chi connectivity index (χ2n) is 2.31. The van der Waals surface area contributed by atoms with E-state index in [0.29, 0.717) is 6.04 Å². The van der Waals surface area contributed by atoms with Crippen molar-refractivity contribution in [1.82, 2.24) is 4.90 Å². The summed E-state index contributed by atoms with van der Waals surface area (Å²) in [5, 5.41) is 0. The number of likely N-dealkylation sites (N-methyl/N-ethyl adjacent to an activating group) is 1. The van der Waals surface area contributed by atoms with E-state index in [1.54, 1.807) is 0 Å². The van der Waals surface area contributed by atoms with Crippen molar-refractivity contribution in [2.24, 2.45) is 5.73 Å². The van der Waals surface area contributed by atoms with Crippen LogP contribution in [0.5, 0.6) is 0 Å². The number of hydrogen-bond acceptors (Lipinski definition) is 4. The van der Waals surface area contributed by atoms with E-state index < -0.39 is 0 Å². The molecule has 56 valence electrons. The highest BCUT2D eigenvalue weighted by atomic mass is 32.1. The first kappa shape index (κ1) is 9.23. The minimum atomic E-state index is 0.449. The first-order valence-corrected chi connectivity index (χ1v) is 3.33. The minimum absolute atomic E-state index is 0.449. The molecule has 0 aromatic heterocycles. The molecule has 4 heteroatoms. The molecule has 0 radical (unpaired) electrons. The second kappa shape index (κ2) is 5.05. The summed E-state index contributed by atoms with van der Waals surface area (Å²) in [5.41, 5.74) is 5.58. The van der Waals surface area contributed by atoms with Gasteiger partial charge in [0.15, 0.2) is 0 Å². The van der Waals surface area contributed by atoms with Crippen molar-refractivity contribution in [3.63, 3.8) is 0 Å². The maximum Gasteiger partial charge on any atom is 0.0179 e. The third-order valence-corrected chi connectivity index (χ3v) is 1.43. The zero-order valence-electron chi connectivity index (χ0n) is 5.62. The molecule has 9 heavy (non-hydrogen) atoms. The highest BCUT2D eigenvalue weighted by Crippen LogP contribution is 2.01. The van der Waals surface area contributed by atoms with Gasteiger partial charge >= 0.3 is 0 Å². The summed E-state index contributed by atoms with van der Waals surface area (Å²) in [7, 11) is 2.10. The predicted molar refractivity (Wildman–Crippen MR) is 41.7 cm³/mol. The van der Waals surface area contributed by atoms with Crippen LogP contribution < -0.4 is 5.73 Å². The van der Waals surface area contributed by atoms with Crippen LogP contribution in [0.15, 0.2) is 0 Å². The molecule has 1 aliphatic rings. The van der Waals surface area contributed by atoms with Gasteiger partial charge in [-0.25, -0.2) is 0 Å². The molecule has 1 heterocycles. The Morgan fingerprint density at radius 1 is 1.67 bits per heavy atom. The molecule has 0 spiro atoms. The van der Waals surface area contributed by atoms with Crippen molar-refractivity contribution in [3.8, 4) is 0 Å². The average molecular weight is 150 g/mol. The summed E-state index contributed by atoms with van der Waals surface area (Å²) in [6, 6.07) is 0.449. The van der Waals surface area contributed by atoms with Gasteiger partial charge in [-0.2, -0.15) is 0 Å². The molecule has 0 bridgehead atoms. The van der Waals surface area contributed by atoms with Crippen LogP contribution in [0.1, 0.15) is 6.42 Å². The molecule has 1 saturated heterocycles. The van der Waals surface area contributed by atoms with Crippen molar-refractivity contribution < 1.29 is 4.55 Å². The lowest BCUT2D eigenvalue weighted by Crippen LogP contribution is -2.23. The van der Waals surface area contributed by atoms with Crippen LogP contribution in [0.4, 0.5) is 0 Å². The van der Waals surface area contributed by atoms with Gasteiger partial charge in [0.2, 0.25) is 0 Å². The van der Waals surface area contributed by atoms with Gasteiger partial charge in [-0.3, -0.25) is 0 Å². The third-order valence-electron chi connectivity index (χ3n) is 1.43. The van der Waals surface area contributed by atoms with Crippen molar-refractivity contribution in [2.75, 3.05) is 20.1 Å². The first-order chi connectivity index (χ1) is 4.29. The summed E-state index contributed by atoms with van der Waals surface area (Å²) in [6.07, 6.45) is 1.18. The molecular formula is C5H14N2OS. The van der Waals surface area contributed by atoms with E-state index in [-0.39, 0.29) is 0 Å². The molecule has 3 nitrogen and oxygen atoms in total. The Bertz CT molecular complexity index is 64.0. The lowest BCUT2D eigenvalue weighted by atomic mass is 10.3. The molecule has 0 aromatic carbocycles. The zero-order chi connectivity index (χ0) is 7.28. The lowest BCUT2D eigenvalue weighted by Gasteiger charge is -2.03. The van der Waals surface area contributed by atoms with E-state index in [1.807, 2.05) is 0 Å². The number of nitrogens with two attached hydrogens (primary N) is 1. The number of hydrogen-bond donors (Lipinski definition) is 3. The Morgan fingerprint density at radius 2 is 2.22 bits per heavy atom. The van der Waals surface area contributed by atoms with Crippen molar-refractivity contribution in [1.29, 1.82) is 0 Å². The van der Waals surface area contributed by atoms with Crippen LogP contribution in [-0.2, 0) is 0 Å². The van der Waals surface area contributed by atoms with Gasteiger partial charge in [0, 0.05) is 12.6 Å². The SMILES string of the molecule is CN1CCC(N)C1.OS. The lowest BCUT2D eigenvalue weighted by molar-refractivity contribution is 0.411. The van der Waals surface area contributed by atoms with E-state index in [4.69, 9.17) is 10.3 Å². The Hall–Kier alpha value is 0.230. The van der Waals surface area contributed by atoms with Gasteiger partial charge in [0.25, 0.3) is 0 Å². The standard InChI is InChI=1S/C5H12N2.H2OS/c1-7-3-2-5(6)4-7;1-2/h5H,2-4,6H2,1H3;1-2H. The average Bonchev–Trinajstić information content (AvgIpc) is 2.20. The fourth-order valence-corrected chi connectivity index (χ4v) is 0.969. The fraction of sp³-hybridized carbons (Fsp3) is 1.00. The predicted octanol–water partition coefficient (Wildman–Crippen LogP) is 0.0384. The molecule has 1 fully saturated rings. The quantitative estimate of drug-likeness (QED) is 0.337. The first-order valence-electron chi connectivity index (χ1n) is 2.93. The molecular weight excluding hydrogens is 136 g/mol. The van der Waals surface area contributed by atoms with Gasteiger partial charge in [-0.05, 0) is 32.9 Å². The number of likely N-dealkylation sites (tertiary alicyclic amines) is 1. The molecule has 0 aromatic rings. The zero-order valence-corrected chi connectivity index (χ0v) is 6.51. The Kier molecular flexibility index (Phi) is 5.18. The third kappa shape index (κ3) is 3.75. The Morgan fingerprint density at radius 3 is 2.33 bits per heavy atom. The Labute approximate surface area is 61.5 Å². The molecule has 3 N–H and O–H groups in total. The van der Waals surface area contributed by atoms with Crippen molar-refractivity contribution in [3.05, 3.63) is 0 Å². The number of thiol groups is 1. The van der Waals surface area contributed by atoms with E-state index >= 15 is 0 Å². The van der Waals surface area contributed by atoms with Crippen LogP contribution >= 0.6 is 12.9 Å². The highest BCUT2D eigenvalue weighted by Gasteiger charge is 2.13. The van der Waals surface area contributed by atoms with Gasteiger partial charge in [-0.1, -0.05) is 0 Å². The number of nitrogens with zero attached hydrogens (tertiary/aromatic N) is 1. The minimum Gasteiger partial charge on any atom is -0.333 e. The van der Waals surface area contributed by atoms with E-state index in [0.717, 1.165) is 6.54 Å². The second-order valence-corrected chi connectivity index (χ2v) is 2.31. The summed E-state index contributed by atoms with van der Waals surface area (Å²) in [5.74, 6) is 0. The molecule has 1 aliphatic heterocycles. The van der Waals surface area contributed by atoms with Crippen molar-refractivity contribution in [2.45, 2.75) is 12.5 Å². The molecule has 1 rings (SSSR count). The maximum absolute atomic E-state index is 6.69. The monoisotopic (exact) mass is 150 g/mol. The van der Waals surface area contributed by atoms with E-state index in [9.17, 15) is 0 Å². The van der Waals surface area contributed by atoms with E-state index in [2.05, 4.69) is 24.9 Å². The molecule has 0 amide bonds. The summed E-state index contributed by atoms with van der Waals surface area (Å²) in [6.45, 7) is 2.27. The molecule has 1 unspecified atom stereocenters. The maximum atomic E-state index is 6.69. The summed E-state index contributed by atoms with van der Waals surface area (Å²) in [4.78, 5) is 2.25. The van der Waals surface area contributed by atoms with Crippen molar-refractivity contribution >= 4 is 12.9 Å². The van der Waals surface area contributed by atoms with Crippen LogP contribution in [0.25, 0.3) is 0 Å². The highest BCUT2D eigenvalue weighted by molar-refractivity contribution is 7.74. The smallest absolute Gasteiger partial charge is 0.0179 e. The molecule has 1 atom stereocenters. The normalized spacial score (nSPS) is 27.3. The Balaban J connectivity index is 0.000000291. The van der Waals surface area contributed by atoms with Gasteiger partial charge in [0.1, 0.15) is 0 Å². The van der Waals surface area contributed by atoms with Gasteiger partial charge < -0.3 is 15.2 Å². The van der Waals surface area contributed by atoms with Crippen LogP contribution in [0.2, 0.25) is 0 Å². The van der Waals surface area contributed by atoms with Crippen LogP contribution in [0, 0.1) is 0 Å². The van der Waals surface area contributed by atoms with Crippen LogP contribution in [-0.4, -0.2) is 35.6 Å². The van der Waals surface area contributed by atoms with Crippen LogP contribution in [0.3, 0.4) is 0 Å². The molecule has 0 aliphatic carbocycles. The van der Waals surface area contributed by atoms with E-state index in [1.165, 1.54) is 13.0 Å².